The number of aromatic nitrogens is 4. The molecule has 1 aromatic carbocycles. The summed E-state index contributed by atoms with van der Waals surface area (Å²) in [7, 11) is 1.61. The highest BCUT2D eigenvalue weighted by atomic mass is 16.5. The molecule has 0 radical (unpaired) electrons. The molecule has 21 heavy (non-hydrogen) atoms. The van der Waals surface area contributed by atoms with E-state index in [0.29, 0.717) is 12.4 Å². The van der Waals surface area contributed by atoms with Crippen molar-refractivity contribution in [2.24, 2.45) is 0 Å². The van der Waals surface area contributed by atoms with Gasteiger partial charge in [0.2, 0.25) is 5.88 Å². The molecule has 0 aliphatic heterocycles. The number of pyridine rings is 1. The molecule has 6 heteroatoms. The number of hydrogen-bond donors (Lipinski definition) is 1. The van der Waals surface area contributed by atoms with Crippen LogP contribution in [0, 0.1) is 0 Å². The van der Waals surface area contributed by atoms with E-state index in [2.05, 4.69) is 20.4 Å². The number of nitrogens with one attached hydrogen (secondary N) is 1. The van der Waals surface area contributed by atoms with E-state index >= 15 is 0 Å². The maximum atomic E-state index is 5.13. The molecule has 0 aliphatic carbocycles. The molecular formula is C15H15N5O. The Labute approximate surface area is 122 Å². The summed E-state index contributed by atoms with van der Waals surface area (Å²) in [5.41, 5.74) is 2.81. The largest absolute Gasteiger partial charge is 0.481 e. The SMILES string of the molecule is COc1cccc(CNc2ccccc2-n2cncn2)n1. The van der Waals surface area contributed by atoms with Gasteiger partial charge < -0.3 is 10.1 Å². The van der Waals surface area contributed by atoms with E-state index in [4.69, 9.17) is 4.74 Å². The highest BCUT2D eigenvalue weighted by Gasteiger charge is 2.05. The minimum absolute atomic E-state index is 0.600. The maximum absolute atomic E-state index is 5.13. The molecular weight excluding hydrogens is 266 g/mol. The van der Waals surface area contributed by atoms with Crippen LogP contribution in [-0.4, -0.2) is 26.9 Å². The summed E-state index contributed by atoms with van der Waals surface area (Å²) in [5, 5.41) is 7.52. The molecule has 0 unspecified atom stereocenters. The molecule has 3 rings (SSSR count). The summed E-state index contributed by atoms with van der Waals surface area (Å²) >= 11 is 0. The van der Waals surface area contributed by atoms with E-state index in [0.717, 1.165) is 17.1 Å². The molecule has 0 saturated carbocycles. The van der Waals surface area contributed by atoms with Crippen LogP contribution in [-0.2, 0) is 6.54 Å². The minimum Gasteiger partial charge on any atom is -0.481 e. The average Bonchev–Trinajstić information content (AvgIpc) is 3.08. The van der Waals surface area contributed by atoms with Gasteiger partial charge in [-0.1, -0.05) is 18.2 Å². The second-order valence-electron chi connectivity index (χ2n) is 4.38. The van der Waals surface area contributed by atoms with Gasteiger partial charge in [0, 0.05) is 6.07 Å². The molecule has 2 aromatic heterocycles. The van der Waals surface area contributed by atoms with Crippen LogP contribution in [0.4, 0.5) is 5.69 Å². The maximum Gasteiger partial charge on any atom is 0.213 e. The van der Waals surface area contributed by atoms with E-state index in [1.54, 1.807) is 18.1 Å². The molecule has 0 atom stereocenters. The predicted octanol–water partition coefficient (Wildman–Crippen LogP) is 2.28. The molecule has 0 fully saturated rings. The predicted molar refractivity (Wildman–Crippen MR) is 79.5 cm³/mol. The highest BCUT2D eigenvalue weighted by Crippen LogP contribution is 2.19. The van der Waals surface area contributed by atoms with Crippen LogP contribution in [0.3, 0.4) is 0 Å². The molecule has 6 nitrogen and oxygen atoms in total. The van der Waals surface area contributed by atoms with Crippen molar-refractivity contribution >= 4 is 5.69 Å². The monoisotopic (exact) mass is 281 g/mol. The third-order valence-corrected chi connectivity index (χ3v) is 3.02. The highest BCUT2D eigenvalue weighted by molar-refractivity contribution is 5.60. The molecule has 0 saturated heterocycles. The van der Waals surface area contributed by atoms with Crippen molar-refractivity contribution in [3.05, 3.63) is 60.8 Å². The van der Waals surface area contributed by atoms with Gasteiger partial charge in [-0.15, -0.1) is 0 Å². The normalized spacial score (nSPS) is 10.3. The van der Waals surface area contributed by atoms with Gasteiger partial charge in [0.15, 0.2) is 0 Å². The summed E-state index contributed by atoms with van der Waals surface area (Å²) in [5.74, 6) is 0.610. The van der Waals surface area contributed by atoms with E-state index < -0.39 is 0 Å². The Morgan fingerprint density at radius 2 is 2.05 bits per heavy atom. The summed E-state index contributed by atoms with van der Waals surface area (Å²) < 4.78 is 6.85. The van der Waals surface area contributed by atoms with Crippen molar-refractivity contribution in [2.75, 3.05) is 12.4 Å². The Hall–Kier alpha value is -2.89. The number of nitrogens with zero attached hydrogens (tertiary/aromatic N) is 4. The third kappa shape index (κ3) is 3.00. The van der Waals surface area contributed by atoms with Gasteiger partial charge >= 0.3 is 0 Å². The molecule has 2 heterocycles. The molecule has 3 aromatic rings. The fourth-order valence-corrected chi connectivity index (χ4v) is 2.01. The molecule has 0 spiro atoms. The lowest BCUT2D eigenvalue weighted by molar-refractivity contribution is 0.396. The van der Waals surface area contributed by atoms with Crippen LogP contribution in [0.2, 0.25) is 0 Å². The quantitative estimate of drug-likeness (QED) is 0.777. The summed E-state index contributed by atoms with van der Waals surface area (Å²) in [4.78, 5) is 8.36. The minimum atomic E-state index is 0.600. The van der Waals surface area contributed by atoms with Crippen LogP contribution in [0.25, 0.3) is 5.69 Å². The van der Waals surface area contributed by atoms with Gasteiger partial charge in [-0.2, -0.15) is 5.10 Å². The fraction of sp³-hybridized carbons (Fsp3) is 0.133. The number of hydrogen-bond acceptors (Lipinski definition) is 5. The zero-order chi connectivity index (χ0) is 14.5. The first-order chi connectivity index (χ1) is 10.4. The molecule has 0 bridgehead atoms. The Morgan fingerprint density at radius 3 is 2.86 bits per heavy atom. The van der Waals surface area contributed by atoms with Gasteiger partial charge in [0.1, 0.15) is 12.7 Å². The number of ether oxygens (including phenoxy) is 1. The Balaban J connectivity index is 1.79. The van der Waals surface area contributed by atoms with Crippen LogP contribution < -0.4 is 10.1 Å². The number of benzene rings is 1. The van der Waals surface area contributed by atoms with E-state index in [1.165, 1.54) is 6.33 Å². The van der Waals surface area contributed by atoms with Crippen LogP contribution in [0.5, 0.6) is 5.88 Å². The van der Waals surface area contributed by atoms with Gasteiger partial charge in [0.05, 0.1) is 30.7 Å². The number of rotatable bonds is 5. The lowest BCUT2D eigenvalue weighted by Crippen LogP contribution is -2.06. The summed E-state index contributed by atoms with van der Waals surface area (Å²) in [6.45, 7) is 0.600. The Morgan fingerprint density at radius 1 is 1.14 bits per heavy atom. The van der Waals surface area contributed by atoms with Crippen LogP contribution in [0.15, 0.2) is 55.1 Å². The fourth-order valence-electron chi connectivity index (χ4n) is 2.01. The van der Waals surface area contributed by atoms with E-state index in [-0.39, 0.29) is 0 Å². The van der Waals surface area contributed by atoms with Crippen molar-refractivity contribution in [1.29, 1.82) is 0 Å². The molecule has 0 aliphatic rings. The standard InChI is InChI=1S/C15H15N5O/c1-21-15-8-4-5-12(19-15)9-17-13-6-2-3-7-14(13)20-11-16-10-18-20/h2-8,10-11,17H,9H2,1H3. The smallest absolute Gasteiger partial charge is 0.213 e. The first kappa shape index (κ1) is 13.1. The van der Waals surface area contributed by atoms with E-state index in [9.17, 15) is 0 Å². The van der Waals surface area contributed by atoms with Crippen LogP contribution >= 0.6 is 0 Å². The lowest BCUT2D eigenvalue weighted by atomic mass is 10.2. The zero-order valence-electron chi connectivity index (χ0n) is 11.6. The third-order valence-electron chi connectivity index (χ3n) is 3.02. The van der Waals surface area contributed by atoms with Gasteiger partial charge in [0.25, 0.3) is 0 Å². The number of para-hydroxylation sites is 2. The zero-order valence-corrected chi connectivity index (χ0v) is 11.6. The topological polar surface area (TPSA) is 64.9 Å². The molecule has 0 amide bonds. The first-order valence-corrected chi connectivity index (χ1v) is 6.54. The summed E-state index contributed by atoms with van der Waals surface area (Å²) in [6.07, 6.45) is 3.19. The van der Waals surface area contributed by atoms with Gasteiger partial charge in [-0.25, -0.2) is 14.6 Å². The Kier molecular flexibility index (Phi) is 3.77. The van der Waals surface area contributed by atoms with Crippen molar-refractivity contribution in [3.63, 3.8) is 0 Å². The second-order valence-corrected chi connectivity index (χ2v) is 4.38. The van der Waals surface area contributed by atoms with Crippen molar-refractivity contribution in [2.45, 2.75) is 6.54 Å². The average molecular weight is 281 g/mol. The number of anilines is 1. The van der Waals surface area contributed by atoms with Gasteiger partial charge in [-0.05, 0) is 18.2 Å². The van der Waals surface area contributed by atoms with E-state index in [1.807, 2.05) is 42.5 Å². The van der Waals surface area contributed by atoms with Crippen molar-refractivity contribution in [1.82, 2.24) is 19.7 Å². The lowest BCUT2D eigenvalue weighted by Gasteiger charge is -2.11. The molecule has 106 valence electrons. The first-order valence-electron chi connectivity index (χ1n) is 6.54. The molecule has 1 N–H and O–H groups in total. The Bertz CT molecular complexity index is 712. The summed E-state index contributed by atoms with van der Waals surface area (Å²) in [6, 6.07) is 13.6. The van der Waals surface area contributed by atoms with Gasteiger partial charge in [-0.3, -0.25) is 0 Å². The van der Waals surface area contributed by atoms with Crippen molar-refractivity contribution < 1.29 is 4.74 Å². The van der Waals surface area contributed by atoms with Crippen molar-refractivity contribution in [3.8, 4) is 11.6 Å². The second kappa shape index (κ2) is 6.04. The number of methoxy groups -OCH3 is 1. The van der Waals surface area contributed by atoms with Crippen LogP contribution in [0.1, 0.15) is 5.69 Å².